The third-order valence-corrected chi connectivity index (χ3v) is 3.03. The van der Waals surface area contributed by atoms with Gasteiger partial charge in [0.2, 0.25) is 17.4 Å². The van der Waals surface area contributed by atoms with Crippen LogP contribution in [0.15, 0.2) is 24.4 Å². The van der Waals surface area contributed by atoms with Crippen molar-refractivity contribution in [1.29, 1.82) is 0 Å². The SMILES string of the molecule is COCCNC(=O)CN(C)c1nc2ccccn2c1[N+](=O)[O-]. The van der Waals surface area contributed by atoms with Crippen molar-refractivity contribution in [3.8, 4) is 0 Å². The molecule has 2 rings (SSSR count). The summed E-state index contributed by atoms with van der Waals surface area (Å²) in [5, 5.41) is 14.0. The number of anilines is 1. The molecule has 1 amide bonds. The quantitative estimate of drug-likeness (QED) is 0.452. The van der Waals surface area contributed by atoms with Crippen LogP contribution >= 0.6 is 0 Å². The largest absolute Gasteiger partial charge is 0.383 e. The molecule has 0 radical (unpaired) electrons. The number of pyridine rings is 1. The summed E-state index contributed by atoms with van der Waals surface area (Å²) in [4.78, 5) is 28.3. The van der Waals surface area contributed by atoms with Crippen LogP contribution in [-0.4, -0.2) is 54.1 Å². The Hall–Kier alpha value is -2.68. The molecule has 0 fully saturated rings. The van der Waals surface area contributed by atoms with Crippen LogP contribution in [0.4, 0.5) is 11.6 Å². The lowest BCUT2D eigenvalue weighted by atomic mass is 10.4. The van der Waals surface area contributed by atoms with Gasteiger partial charge < -0.3 is 25.1 Å². The summed E-state index contributed by atoms with van der Waals surface area (Å²) in [5.41, 5.74) is 0.454. The molecule has 0 aliphatic carbocycles. The second-order valence-corrected chi connectivity index (χ2v) is 4.64. The van der Waals surface area contributed by atoms with E-state index in [1.54, 1.807) is 31.4 Å². The molecule has 9 nitrogen and oxygen atoms in total. The number of fused-ring (bicyclic) bond motifs is 1. The van der Waals surface area contributed by atoms with Crippen LogP contribution < -0.4 is 10.2 Å². The van der Waals surface area contributed by atoms with Crippen molar-refractivity contribution in [2.45, 2.75) is 0 Å². The topological polar surface area (TPSA) is 102 Å². The Morgan fingerprint density at radius 2 is 2.32 bits per heavy atom. The van der Waals surface area contributed by atoms with Gasteiger partial charge in [-0.3, -0.25) is 4.79 Å². The summed E-state index contributed by atoms with van der Waals surface area (Å²) in [6.07, 6.45) is 1.57. The van der Waals surface area contributed by atoms with Crippen LogP contribution in [0.25, 0.3) is 5.65 Å². The van der Waals surface area contributed by atoms with Gasteiger partial charge in [-0.1, -0.05) is 6.07 Å². The van der Waals surface area contributed by atoms with Gasteiger partial charge in [0, 0.05) is 26.8 Å². The van der Waals surface area contributed by atoms with Gasteiger partial charge in [-0.05, 0) is 11.0 Å². The van der Waals surface area contributed by atoms with Crippen LogP contribution in [-0.2, 0) is 9.53 Å². The number of amides is 1. The molecule has 2 heterocycles. The maximum absolute atomic E-state index is 11.8. The van der Waals surface area contributed by atoms with Gasteiger partial charge >= 0.3 is 5.82 Å². The number of likely N-dealkylation sites (N-methyl/N-ethyl adjacent to an activating group) is 1. The van der Waals surface area contributed by atoms with Gasteiger partial charge in [0.05, 0.1) is 19.3 Å². The molecule has 118 valence electrons. The van der Waals surface area contributed by atoms with Crippen molar-refractivity contribution < 1.29 is 14.5 Å². The number of imidazole rings is 1. The first-order valence-electron chi connectivity index (χ1n) is 6.63. The molecular weight excluding hydrogens is 290 g/mol. The van der Waals surface area contributed by atoms with E-state index in [4.69, 9.17) is 4.74 Å². The summed E-state index contributed by atoms with van der Waals surface area (Å²) >= 11 is 0. The predicted molar refractivity (Wildman–Crippen MR) is 80.0 cm³/mol. The van der Waals surface area contributed by atoms with Crippen LogP contribution in [0.5, 0.6) is 0 Å². The number of nitro groups is 1. The number of hydrogen-bond acceptors (Lipinski definition) is 6. The Morgan fingerprint density at radius 3 is 3.00 bits per heavy atom. The van der Waals surface area contributed by atoms with Crippen molar-refractivity contribution in [3.63, 3.8) is 0 Å². The lowest BCUT2D eigenvalue weighted by molar-refractivity contribution is -0.389. The number of nitrogens with one attached hydrogen (secondary N) is 1. The highest BCUT2D eigenvalue weighted by Gasteiger charge is 2.25. The van der Waals surface area contributed by atoms with Gasteiger partial charge in [-0.2, -0.15) is 9.38 Å². The van der Waals surface area contributed by atoms with E-state index in [0.29, 0.717) is 18.8 Å². The summed E-state index contributed by atoms with van der Waals surface area (Å²) < 4.78 is 6.22. The average Bonchev–Trinajstić information content (AvgIpc) is 2.87. The minimum Gasteiger partial charge on any atom is -0.383 e. The number of hydrogen-bond donors (Lipinski definition) is 1. The van der Waals surface area contributed by atoms with Gasteiger partial charge in [0.1, 0.15) is 0 Å². The molecule has 0 saturated carbocycles. The monoisotopic (exact) mass is 307 g/mol. The lowest BCUT2D eigenvalue weighted by Gasteiger charge is -2.15. The smallest absolute Gasteiger partial charge is 0.372 e. The molecule has 0 spiro atoms. The third-order valence-electron chi connectivity index (χ3n) is 3.03. The molecule has 1 N–H and O–H groups in total. The Labute approximate surface area is 126 Å². The Kier molecular flexibility index (Phi) is 4.89. The van der Waals surface area contributed by atoms with E-state index in [2.05, 4.69) is 10.3 Å². The summed E-state index contributed by atoms with van der Waals surface area (Å²) in [5.74, 6) is -0.271. The molecule has 0 unspecified atom stereocenters. The molecule has 9 heteroatoms. The molecule has 0 atom stereocenters. The number of ether oxygens (including phenoxy) is 1. The van der Waals surface area contributed by atoms with Gasteiger partial charge in [0.25, 0.3) is 0 Å². The fourth-order valence-corrected chi connectivity index (χ4v) is 2.03. The standard InChI is InChI=1S/C13H17N5O4/c1-16(9-11(19)14-6-8-22-2)12-13(18(20)21)17-7-4-3-5-10(17)15-12/h3-5,7H,6,8-9H2,1-2H3,(H,14,19). The Balaban J connectivity index is 2.20. The van der Waals surface area contributed by atoms with Gasteiger partial charge in [-0.25, -0.2) is 0 Å². The Morgan fingerprint density at radius 1 is 1.55 bits per heavy atom. The zero-order valence-corrected chi connectivity index (χ0v) is 12.4. The van der Waals surface area contributed by atoms with Crippen LogP contribution in [0.1, 0.15) is 0 Å². The van der Waals surface area contributed by atoms with Crippen molar-refractivity contribution in [2.24, 2.45) is 0 Å². The Bertz CT molecular complexity index is 684. The molecule has 2 aromatic rings. The summed E-state index contributed by atoms with van der Waals surface area (Å²) in [6.45, 7) is 0.759. The highest BCUT2D eigenvalue weighted by molar-refractivity contribution is 5.82. The van der Waals surface area contributed by atoms with Crippen molar-refractivity contribution in [1.82, 2.24) is 14.7 Å². The fourth-order valence-electron chi connectivity index (χ4n) is 2.03. The van der Waals surface area contributed by atoms with E-state index >= 15 is 0 Å². The van der Waals surface area contributed by atoms with E-state index in [1.807, 2.05) is 0 Å². The molecular formula is C13H17N5O4. The van der Waals surface area contributed by atoms with Crippen LogP contribution in [0, 0.1) is 10.1 Å². The molecule has 0 aliphatic rings. The number of aromatic nitrogens is 2. The zero-order valence-electron chi connectivity index (χ0n) is 12.4. The molecule has 0 saturated heterocycles. The number of carbonyl (C=O) groups excluding carboxylic acids is 1. The number of rotatable bonds is 7. The molecule has 0 bridgehead atoms. The molecule has 0 aromatic carbocycles. The fraction of sp³-hybridized carbons (Fsp3) is 0.385. The minimum atomic E-state index is -0.505. The normalized spacial score (nSPS) is 10.6. The lowest BCUT2D eigenvalue weighted by Crippen LogP contribution is -2.37. The second-order valence-electron chi connectivity index (χ2n) is 4.64. The minimum absolute atomic E-state index is 0.0333. The number of nitrogens with zero attached hydrogens (tertiary/aromatic N) is 4. The first-order valence-corrected chi connectivity index (χ1v) is 6.63. The first kappa shape index (κ1) is 15.7. The van der Waals surface area contributed by atoms with Crippen LogP contribution in [0.2, 0.25) is 0 Å². The van der Waals surface area contributed by atoms with E-state index in [1.165, 1.54) is 16.4 Å². The highest BCUT2D eigenvalue weighted by Crippen LogP contribution is 2.27. The van der Waals surface area contributed by atoms with E-state index in [-0.39, 0.29) is 24.1 Å². The van der Waals surface area contributed by atoms with E-state index < -0.39 is 4.92 Å². The van der Waals surface area contributed by atoms with E-state index in [0.717, 1.165) is 0 Å². The number of carbonyl (C=O) groups is 1. The van der Waals surface area contributed by atoms with Crippen molar-refractivity contribution in [2.75, 3.05) is 38.8 Å². The predicted octanol–water partition coefficient (Wildman–Crippen LogP) is 0.441. The maximum atomic E-state index is 11.8. The van der Waals surface area contributed by atoms with Gasteiger partial charge in [0.15, 0.2) is 0 Å². The van der Waals surface area contributed by atoms with Crippen molar-refractivity contribution in [3.05, 3.63) is 34.5 Å². The average molecular weight is 307 g/mol. The van der Waals surface area contributed by atoms with Gasteiger partial charge in [-0.15, -0.1) is 0 Å². The molecule has 22 heavy (non-hydrogen) atoms. The summed E-state index contributed by atoms with van der Waals surface area (Å²) in [6, 6.07) is 5.10. The zero-order chi connectivity index (χ0) is 16.1. The first-order chi connectivity index (χ1) is 10.5. The van der Waals surface area contributed by atoms with Crippen molar-refractivity contribution >= 4 is 23.2 Å². The highest BCUT2D eigenvalue weighted by atomic mass is 16.6. The maximum Gasteiger partial charge on any atom is 0.372 e. The van der Waals surface area contributed by atoms with E-state index in [9.17, 15) is 14.9 Å². The number of methoxy groups -OCH3 is 1. The molecule has 2 aromatic heterocycles. The van der Waals surface area contributed by atoms with Crippen LogP contribution in [0.3, 0.4) is 0 Å². The third kappa shape index (κ3) is 3.31. The second kappa shape index (κ2) is 6.85. The summed E-state index contributed by atoms with van der Waals surface area (Å²) in [7, 11) is 3.13. The molecule has 0 aliphatic heterocycles.